The zero-order chi connectivity index (χ0) is 21.1. The Morgan fingerprint density at radius 2 is 1.79 bits per heavy atom. The van der Waals surface area contributed by atoms with Crippen LogP contribution in [0.1, 0.15) is 31.4 Å². The van der Waals surface area contributed by atoms with Gasteiger partial charge in [0.05, 0.1) is 19.3 Å². The minimum Gasteiger partial charge on any atom is -0.497 e. The number of carbonyl (C=O) groups is 1. The van der Waals surface area contributed by atoms with Gasteiger partial charge in [0.25, 0.3) is 0 Å². The average molecular weight is 401 g/mol. The quantitative estimate of drug-likeness (QED) is 0.538. The zero-order valence-corrected chi connectivity index (χ0v) is 17.4. The Hall–Kier alpha value is -2.57. The van der Waals surface area contributed by atoms with Crippen LogP contribution >= 0.6 is 0 Å². The van der Waals surface area contributed by atoms with E-state index in [1.807, 2.05) is 54.6 Å². The second kappa shape index (κ2) is 12.1. The molecule has 3 N–H and O–H groups in total. The molecule has 1 amide bonds. The molecule has 0 aliphatic rings. The van der Waals surface area contributed by atoms with Crippen molar-refractivity contribution in [2.75, 3.05) is 13.7 Å². The standard InChI is InChI=1S/C23H32N2O4/c1-17(2)12-21(25-23(27)29-16-18-8-5-4-6-9-18)22(26)15-24-14-19-10-7-11-20(13-19)28-3/h4-11,13,17,21-22,24,26H,12,14-16H2,1-3H3,(H,25,27)/t21?,22-/m0/s1. The first-order chi connectivity index (χ1) is 14.0. The number of ether oxygens (including phenoxy) is 2. The first kappa shape index (κ1) is 22.7. The SMILES string of the molecule is COc1cccc(CNC[C@H](O)C(CC(C)C)NC(=O)OCc2ccccc2)c1. The van der Waals surface area contributed by atoms with Crippen LogP contribution in [0.5, 0.6) is 5.75 Å². The van der Waals surface area contributed by atoms with Gasteiger partial charge in [-0.2, -0.15) is 0 Å². The number of nitrogens with one attached hydrogen (secondary N) is 2. The molecule has 0 spiro atoms. The van der Waals surface area contributed by atoms with Crippen LogP contribution in [-0.2, 0) is 17.9 Å². The lowest BCUT2D eigenvalue weighted by Gasteiger charge is -2.26. The van der Waals surface area contributed by atoms with E-state index in [2.05, 4.69) is 24.5 Å². The fourth-order valence-electron chi connectivity index (χ4n) is 3.03. The Morgan fingerprint density at radius 1 is 1.07 bits per heavy atom. The summed E-state index contributed by atoms with van der Waals surface area (Å²) in [4.78, 5) is 12.2. The van der Waals surface area contributed by atoms with Gasteiger partial charge in [-0.3, -0.25) is 0 Å². The summed E-state index contributed by atoms with van der Waals surface area (Å²) in [5.74, 6) is 1.12. The fraction of sp³-hybridized carbons (Fsp3) is 0.435. The maximum Gasteiger partial charge on any atom is 0.407 e. The minimum absolute atomic E-state index is 0.200. The van der Waals surface area contributed by atoms with Gasteiger partial charge >= 0.3 is 6.09 Å². The molecule has 1 unspecified atom stereocenters. The van der Waals surface area contributed by atoms with E-state index in [-0.39, 0.29) is 6.61 Å². The highest BCUT2D eigenvalue weighted by Crippen LogP contribution is 2.13. The predicted octanol–water partition coefficient (Wildman–Crippen LogP) is 3.49. The molecule has 2 atom stereocenters. The van der Waals surface area contributed by atoms with E-state index >= 15 is 0 Å². The van der Waals surface area contributed by atoms with Gasteiger partial charge in [-0.05, 0) is 35.6 Å². The molecular formula is C23H32N2O4. The molecule has 2 aromatic carbocycles. The number of carbonyl (C=O) groups excluding carboxylic acids is 1. The summed E-state index contributed by atoms with van der Waals surface area (Å²) < 4.78 is 10.5. The Balaban J connectivity index is 1.82. The van der Waals surface area contributed by atoms with E-state index in [1.54, 1.807) is 7.11 Å². The van der Waals surface area contributed by atoms with Crippen LogP contribution in [0.4, 0.5) is 4.79 Å². The van der Waals surface area contributed by atoms with Gasteiger partial charge < -0.3 is 25.2 Å². The van der Waals surface area contributed by atoms with Crippen molar-refractivity contribution in [2.24, 2.45) is 5.92 Å². The van der Waals surface area contributed by atoms with Gasteiger partial charge in [0.2, 0.25) is 0 Å². The third-order valence-corrected chi connectivity index (χ3v) is 4.52. The normalized spacial score (nSPS) is 13.0. The van der Waals surface area contributed by atoms with E-state index in [9.17, 15) is 9.90 Å². The molecule has 0 fully saturated rings. The van der Waals surface area contributed by atoms with Crippen molar-refractivity contribution in [2.45, 2.75) is 45.6 Å². The smallest absolute Gasteiger partial charge is 0.407 e. The predicted molar refractivity (Wildman–Crippen MR) is 114 cm³/mol. The molecule has 2 aromatic rings. The number of hydrogen-bond acceptors (Lipinski definition) is 5. The van der Waals surface area contributed by atoms with Gasteiger partial charge in [0.1, 0.15) is 12.4 Å². The van der Waals surface area contributed by atoms with Crippen LogP contribution in [0.3, 0.4) is 0 Å². The summed E-state index contributed by atoms with van der Waals surface area (Å²) in [6.07, 6.45) is -0.596. The molecular weight excluding hydrogens is 368 g/mol. The van der Waals surface area contributed by atoms with Crippen molar-refractivity contribution < 1.29 is 19.4 Å². The molecule has 0 heterocycles. The van der Waals surface area contributed by atoms with Crippen LogP contribution in [-0.4, -0.2) is 37.0 Å². The molecule has 0 bridgehead atoms. The average Bonchev–Trinajstić information content (AvgIpc) is 2.72. The van der Waals surface area contributed by atoms with Crippen LogP contribution in [0.15, 0.2) is 54.6 Å². The molecule has 0 aliphatic heterocycles. The Labute approximate surface area is 173 Å². The van der Waals surface area contributed by atoms with Crippen molar-refractivity contribution in [1.82, 2.24) is 10.6 Å². The first-order valence-corrected chi connectivity index (χ1v) is 9.97. The lowest BCUT2D eigenvalue weighted by Crippen LogP contribution is -2.48. The monoisotopic (exact) mass is 400 g/mol. The summed E-state index contributed by atoms with van der Waals surface area (Å²) in [5.41, 5.74) is 1.98. The molecule has 0 saturated carbocycles. The minimum atomic E-state index is -0.729. The Bertz CT molecular complexity index is 737. The summed E-state index contributed by atoms with van der Waals surface area (Å²) in [5, 5.41) is 16.7. The molecule has 0 radical (unpaired) electrons. The lowest BCUT2D eigenvalue weighted by molar-refractivity contribution is 0.0935. The number of alkyl carbamates (subject to hydrolysis) is 1. The maximum absolute atomic E-state index is 12.2. The molecule has 6 heteroatoms. The summed E-state index contributed by atoms with van der Waals surface area (Å²) >= 11 is 0. The van der Waals surface area contributed by atoms with Gasteiger partial charge in [0, 0.05) is 13.1 Å². The van der Waals surface area contributed by atoms with Crippen molar-refractivity contribution in [3.05, 3.63) is 65.7 Å². The van der Waals surface area contributed by atoms with Crippen molar-refractivity contribution in [3.8, 4) is 5.75 Å². The maximum atomic E-state index is 12.2. The molecule has 2 rings (SSSR count). The summed E-state index contributed by atoms with van der Waals surface area (Å²) in [6.45, 7) is 5.26. The Morgan fingerprint density at radius 3 is 2.48 bits per heavy atom. The number of aliphatic hydroxyl groups is 1. The third kappa shape index (κ3) is 8.54. The number of methoxy groups -OCH3 is 1. The van der Waals surface area contributed by atoms with Gasteiger partial charge in [0.15, 0.2) is 0 Å². The van der Waals surface area contributed by atoms with Crippen LogP contribution in [0.2, 0.25) is 0 Å². The second-order valence-electron chi connectivity index (χ2n) is 7.49. The molecule has 0 aromatic heterocycles. The van der Waals surface area contributed by atoms with Crippen molar-refractivity contribution in [3.63, 3.8) is 0 Å². The molecule has 0 saturated heterocycles. The van der Waals surface area contributed by atoms with E-state index in [0.29, 0.717) is 25.4 Å². The fourth-order valence-corrected chi connectivity index (χ4v) is 3.03. The van der Waals surface area contributed by atoms with Gasteiger partial charge in [-0.15, -0.1) is 0 Å². The lowest BCUT2D eigenvalue weighted by atomic mass is 9.99. The molecule has 158 valence electrons. The number of amides is 1. The van der Waals surface area contributed by atoms with Crippen LogP contribution in [0, 0.1) is 5.92 Å². The molecule has 6 nitrogen and oxygen atoms in total. The molecule has 0 aliphatic carbocycles. The zero-order valence-electron chi connectivity index (χ0n) is 17.4. The van der Waals surface area contributed by atoms with Crippen molar-refractivity contribution >= 4 is 6.09 Å². The van der Waals surface area contributed by atoms with Gasteiger partial charge in [-0.1, -0.05) is 56.3 Å². The van der Waals surface area contributed by atoms with Gasteiger partial charge in [-0.25, -0.2) is 4.79 Å². The first-order valence-electron chi connectivity index (χ1n) is 9.97. The highest BCUT2D eigenvalue weighted by atomic mass is 16.5. The second-order valence-corrected chi connectivity index (χ2v) is 7.49. The third-order valence-electron chi connectivity index (χ3n) is 4.52. The number of aliphatic hydroxyl groups excluding tert-OH is 1. The molecule has 29 heavy (non-hydrogen) atoms. The Kier molecular flexibility index (Phi) is 9.47. The topological polar surface area (TPSA) is 79.8 Å². The van der Waals surface area contributed by atoms with E-state index < -0.39 is 18.2 Å². The van der Waals surface area contributed by atoms with E-state index in [4.69, 9.17) is 9.47 Å². The number of benzene rings is 2. The number of rotatable bonds is 11. The largest absolute Gasteiger partial charge is 0.497 e. The van der Waals surface area contributed by atoms with E-state index in [0.717, 1.165) is 16.9 Å². The summed E-state index contributed by atoms with van der Waals surface area (Å²) in [7, 11) is 1.63. The van der Waals surface area contributed by atoms with Crippen LogP contribution in [0.25, 0.3) is 0 Å². The van der Waals surface area contributed by atoms with E-state index in [1.165, 1.54) is 0 Å². The van der Waals surface area contributed by atoms with Crippen LogP contribution < -0.4 is 15.4 Å². The van der Waals surface area contributed by atoms with Crippen molar-refractivity contribution in [1.29, 1.82) is 0 Å². The number of hydrogen-bond donors (Lipinski definition) is 3. The highest BCUT2D eigenvalue weighted by Gasteiger charge is 2.23. The summed E-state index contributed by atoms with van der Waals surface area (Å²) in [6, 6.07) is 16.9. The highest BCUT2D eigenvalue weighted by molar-refractivity contribution is 5.67.